The van der Waals surface area contributed by atoms with Gasteiger partial charge >= 0.3 is 0 Å². The van der Waals surface area contributed by atoms with Crippen molar-refractivity contribution in [2.24, 2.45) is 5.92 Å². The summed E-state index contributed by atoms with van der Waals surface area (Å²) in [6, 6.07) is 4.61. The lowest BCUT2D eigenvalue weighted by Crippen LogP contribution is -2.09. The van der Waals surface area contributed by atoms with Crippen molar-refractivity contribution in [1.29, 1.82) is 0 Å². The van der Waals surface area contributed by atoms with Gasteiger partial charge in [0.2, 0.25) is 0 Å². The van der Waals surface area contributed by atoms with Gasteiger partial charge in [-0.25, -0.2) is 4.39 Å². The van der Waals surface area contributed by atoms with E-state index >= 15 is 0 Å². The van der Waals surface area contributed by atoms with Crippen LogP contribution in [-0.2, 0) is 16.6 Å². The monoisotopic (exact) mass is 243 g/mol. The van der Waals surface area contributed by atoms with Gasteiger partial charge in [0, 0.05) is 22.3 Å². The van der Waals surface area contributed by atoms with E-state index in [1.165, 1.54) is 12.1 Å². The largest absolute Gasteiger partial charge is 0.396 e. The third kappa shape index (κ3) is 3.93. The predicted molar refractivity (Wildman–Crippen MR) is 67.0 cm³/mol. The van der Waals surface area contributed by atoms with Crippen molar-refractivity contribution in [3.05, 3.63) is 29.6 Å². The third-order valence-corrected chi connectivity index (χ3v) is 4.16. The maximum Gasteiger partial charge on any atom is 0.146 e. The van der Waals surface area contributed by atoms with E-state index in [0.717, 1.165) is 12.0 Å². The lowest BCUT2D eigenvalue weighted by molar-refractivity contribution is 0.615. The van der Waals surface area contributed by atoms with Gasteiger partial charge in [0.05, 0.1) is 5.69 Å². The summed E-state index contributed by atoms with van der Waals surface area (Å²) in [5.41, 5.74) is 6.25. The fourth-order valence-electron chi connectivity index (χ4n) is 1.34. The molecule has 0 aliphatic rings. The molecule has 0 fully saturated rings. The first-order valence-electron chi connectivity index (χ1n) is 5.41. The number of rotatable bonds is 5. The molecule has 2 N–H and O–H groups in total. The molecular weight excluding hydrogens is 225 g/mol. The molecule has 16 heavy (non-hydrogen) atoms. The highest BCUT2D eigenvalue weighted by Gasteiger charge is 2.08. The van der Waals surface area contributed by atoms with Gasteiger partial charge in [0.1, 0.15) is 5.82 Å². The molecule has 2 atom stereocenters. The average molecular weight is 243 g/mol. The molecular formula is C12H18FNOS. The Bertz CT molecular complexity index is 381. The first-order valence-corrected chi connectivity index (χ1v) is 6.90. The minimum atomic E-state index is -0.923. The second-order valence-electron chi connectivity index (χ2n) is 4.12. The van der Waals surface area contributed by atoms with Crippen molar-refractivity contribution >= 4 is 16.5 Å². The van der Waals surface area contributed by atoms with Gasteiger partial charge < -0.3 is 5.73 Å². The Morgan fingerprint density at radius 1 is 1.50 bits per heavy atom. The zero-order chi connectivity index (χ0) is 12.1. The second kappa shape index (κ2) is 5.99. The van der Waals surface area contributed by atoms with Crippen molar-refractivity contribution in [1.82, 2.24) is 0 Å². The van der Waals surface area contributed by atoms with Crippen LogP contribution in [0.5, 0.6) is 0 Å². The molecule has 0 amide bonds. The average Bonchev–Trinajstić information content (AvgIpc) is 2.23. The van der Waals surface area contributed by atoms with Crippen LogP contribution in [0.4, 0.5) is 10.1 Å². The molecule has 1 rings (SSSR count). The quantitative estimate of drug-likeness (QED) is 0.808. The summed E-state index contributed by atoms with van der Waals surface area (Å²) in [6.45, 7) is 4.15. The van der Waals surface area contributed by atoms with E-state index in [9.17, 15) is 8.60 Å². The first kappa shape index (κ1) is 13.2. The van der Waals surface area contributed by atoms with Crippen LogP contribution in [0.15, 0.2) is 18.2 Å². The lowest BCUT2D eigenvalue weighted by Gasteiger charge is -2.08. The van der Waals surface area contributed by atoms with Crippen molar-refractivity contribution < 1.29 is 8.60 Å². The number of nitrogen functional groups attached to an aromatic ring is 1. The van der Waals surface area contributed by atoms with E-state index in [1.54, 1.807) is 6.07 Å². The SMILES string of the molecule is CCC(C)CS(=O)Cc1ccc(N)c(F)c1. The summed E-state index contributed by atoms with van der Waals surface area (Å²) in [5.74, 6) is 1.09. The van der Waals surface area contributed by atoms with Crippen molar-refractivity contribution in [2.45, 2.75) is 26.0 Å². The first-order chi connectivity index (χ1) is 7.52. The Kier molecular flexibility index (Phi) is 4.93. The predicted octanol–water partition coefficient (Wildman–Crippen LogP) is 2.70. The molecule has 4 heteroatoms. The van der Waals surface area contributed by atoms with E-state index in [-0.39, 0.29) is 5.69 Å². The van der Waals surface area contributed by atoms with Crippen LogP contribution < -0.4 is 5.73 Å². The molecule has 0 saturated carbocycles. The molecule has 2 unspecified atom stereocenters. The van der Waals surface area contributed by atoms with E-state index in [0.29, 0.717) is 17.4 Å². The number of nitrogens with two attached hydrogens (primary N) is 1. The van der Waals surface area contributed by atoms with Crippen LogP contribution >= 0.6 is 0 Å². The maximum absolute atomic E-state index is 13.1. The van der Waals surface area contributed by atoms with E-state index in [1.807, 2.05) is 0 Å². The van der Waals surface area contributed by atoms with Gasteiger partial charge in [-0.05, 0) is 23.6 Å². The highest BCUT2D eigenvalue weighted by atomic mass is 32.2. The summed E-state index contributed by atoms with van der Waals surface area (Å²) in [4.78, 5) is 0. The van der Waals surface area contributed by atoms with Gasteiger partial charge in [-0.2, -0.15) is 0 Å². The minimum Gasteiger partial charge on any atom is -0.396 e. The molecule has 0 bridgehead atoms. The fourth-order valence-corrected chi connectivity index (χ4v) is 2.88. The Morgan fingerprint density at radius 3 is 2.75 bits per heavy atom. The normalized spacial score (nSPS) is 14.7. The molecule has 0 aliphatic heterocycles. The van der Waals surface area contributed by atoms with Gasteiger partial charge in [-0.15, -0.1) is 0 Å². The van der Waals surface area contributed by atoms with Crippen molar-refractivity contribution in [3.63, 3.8) is 0 Å². The van der Waals surface area contributed by atoms with Crippen LogP contribution in [-0.4, -0.2) is 9.96 Å². The Hall–Kier alpha value is -0.900. The molecule has 90 valence electrons. The third-order valence-electron chi connectivity index (χ3n) is 2.56. The summed E-state index contributed by atoms with van der Waals surface area (Å²) in [6.07, 6.45) is 1.02. The van der Waals surface area contributed by atoms with E-state index in [4.69, 9.17) is 5.73 Å². The van der Waals surface area contributed by atoms with E-state index < -0.39 is 16.6 Å². The number of benzene rings is 1. The molecule has 0 heterocycles. The summed E-state index contributed by atoms with van der Waals surface area (Å²) in [5, 5.41) is 0. The van der Waals surface area contributed by atoms with Crippen LogP contribution in [0.25, 0.3) is 0 Å². The Labute approximate surface area is 98.5 Å². The van der Waals surface area contributed by atoms with Crippen LogP contribution in [0.1, 0.15) is 25.8 Å². The molecule has 0 saturated heterocycles. The Balaban J connectivity index is 2.59. The second-order valence-corrected chi connectivity index (χ2v) is 5.62. The van der Waals surface area contributed by atoms with Crippen molar-refractivity contribution in [2.75, 3.05) is 11.5 Å². The van der Waals surface area contributed by atoms with Gasteiger partial charge in [-0.1, -0.05) is 26.3 Å². The maximum atomic E-state index is 13.1. The van der Waals surface area contributed by atoms with Crippen LogP contribution in [0, 0.1) is 11.7 Å². The van der Waals surface area contributed by atoms with Crippen LogP contribution in [0.2, 0.25) is 0 Å². The molecule has 1 aromatic rings. The van der Waals surface area contributed by atoms with Crippen molar-refractivity contribution in [3.8, 4) is 0 Å². The molecule has 2 nitrogen and oxygen atoms in total. The summed E-state index contributed by atoms with van der Waals surface area (Å²) in [7, 11) is -0.923. The standard InChI is InChI=1S/C12H18FNOS/c1-3-9(2)7-16(15)8-10-4-5-12(14)11(13)6-10/h4-6,9H,3,7-8,14H2,1-2H3. The number of anilines is 1. The molecule has 0 aromatic heterocycles. The van der Waals surface area contributed by atoms with Crippen LogP contribution in [0.3, 0.4) is 0 Å². The Morgan fingerprint density at radius 2 is 2.19 bits per heavy atom. The smallest absolute Gasteiger partial charge is 0.146 e. The lowest BCUT2D eigenvalue weighted by atomic mass is 10.2. The summed E-state index contributed by atoms with van der Waals surface area (Å²) < 4.78 is 24.9. The number of hydrogen-bond acceptors (Lipinski definition) is 2. The van der Waals surface area contributed by atoms with Gasteiger partial charge in [0.25, 0.3) is 0 Å². The minimum absolute atomic E-state index is 0.136. The zero-order valence-corrected chi connectivity index (χ0v) is 10.5. The van der Waals surface area contributed by atoms with E-state index in [2.05, 4.69) is 13.8 Å². The topological polar surface area (TPSA) is 43.1 Å². The molecule has 1 aromatic carbocycles. The number of hydrogen-bond donors (Lipinski definition) is 1. The highest BCUT2D eigenvalue weighted by Crippen LogP contribution is 2.14. The van der Waals surface area contributed by atoms with Gasteiger partial charge in [-0.3, -0.25) is 4.21 Å². The molecule has 0 spiro atoms. The highest BCUT2D eigenvalue weighted by molar-refractivity contribution is 7.84. The molecule has 0 radical (unpaired) electrons. The summed E-state index contributed by atoms with van der Waals surface area (Å²) >= 11 is 0. The number of halogens is 1. The zero-order valence-electron chi connectivity index (χ0n) is 9.70. The fraction of sp³-hybridized carbons (Fsp3) is 0.500. The van der Waals surface area contributed by atoms with Gasteiger partial charge in [0.15, 0.2) is 0 Å². The molecule has 0 aliphatic carbocycles.